The molecule has 6 nitrogen and oxygen atoms in total. The summed E-state index contributed by atoms with van der Waals surface area (Å²) in [6.07, 6.45) is 2.08. The van der Waals surface area contributed by atoms with Crippen LogP contribution >= 0.6 is 0 Å². The van der Waals surface area contributed by atoms with Gasteiger partial charge < -0.3 is 10.6 Å². The van der Waals surface area contributed by atoms with Crippen molar-refractivity contribution >= 4 is 15.8 Å². The van der Waals surface area contributed by atoms with E-state index in [0.29, 0.717) is 24.6 Å². The summed E-state index contributed by atoms with van der Waals surface area (Å²) in [5, 5.41) is 6.60. The van der Waals surface area contributed by atoms with Crippen LogP contribution in [-0.4, -0.2) is 62.5 Å². The molecule has 0 amide bonds. The molecule has 0 radical (unpaired) electrons. The highest BCUT2D eigenvalue weighted by Crippen LogP contribution is 2.24. The second-order valence-corrected chi connectivity index (χ2v) is 11.3. The quantitative estimate of drug-likeness (QED) is 0.559. The topological polar surface area (TPSA) is 73.8 Å². The third-order valence-electron chi connectivity index (χ3n) is 5.52. The van der Waals surface area contributed by atoms with E-state index in [1.165, 1.54) is 5.56 Å². The molecule has 0 saturated carbocycles. The lowest BCUT2D eigenvalue weighted by molar-refractivity contribution is 0.158. The van der Waals surface area contributed by atoms with E-state index in [9.17, 15) is 8.42 Å². The Kier molecular flexibility index (Phi) is 7.89. The number of likely N-dealkylation sites (tertiary alicyclic amines) is 1. The maximum atomic E-state index is 12.2. The van der Waals surface area contributed by atoms with Gasteiger partial charge in [0.15, 0.2) is 15.8 Å². The second-order valence-electron chi connectivity index (χ2n) is 8.47. The first-order chi connectivity index (χ1) is 13.1. The number of aliphatic imine (C=N–C) groups is 1. The number of sulfone groups is 1. The highest BCUT2D eigenvalue weighted by molar-refractivity contribution is 7.92. The fourth-order valence-corrected chi connectivity index (χ4v) is 4.35. The van der Waals surface area contributed by atoms with Crippen molar-refractivity contribution in [3.8, 4) is 0 Å². The van der Waals surface area contributed by atoms with Crippen LogP contribution in [0.25, 0.3) is 0 Å². The predicted molar refractivity (Wildman–Crippen MR) is 117 cm³/mol. The van der Waals surface area contributed by atoms with E-state index < -0.39 is 14.6 Å². The van der Waals surface area contributed by atoms with Crippen LogP contribution in [0.15, 0.2) is 35.3 Å². The Morgan fingerprint density at radius 2 is 1.82 bits per heavy atom. The molecule has 0 bridgehead atoms. The Morgan fingerprint density at radius 3 is 2.36 bits per heavy atom. The third kappa shape index (κ3) is 6.21. The molecule has 1 aromatic rings. The van der Waals surface area contributed by atoms with Gasteiger partial charge in [-0.3, -0.25) is 9.89 Å². The molecule has 158 valence electrons. The van der Waals surface area contributed by atoms with E-state index in [-0.39, 0.29) is 5.75 Å². The SMILES string of the molecule is CN=C(NCCS(=O)(=O)C(C)(C)C)NC1CCN(C(C)c2ccccc2)CC1. The summed E-state index contributed by atoms with van der Waals surface area (Å²) in [4.78, 5) is 6.77. The van der Waals surface area contributed by atoms with Crippen LogP contribution in [0.1, 0.15) is 52.1 Å². The molecular weight excluding hydrogens is 372 g/mol. The third-order valence-corrected chi connectivity index (χ3v) is 8.13. The van der Waals surface area contributed by atoms with Crippen molar-refractivity contribution in [2.75, 3.05) is 32.4 Å². The Bertz CT molecular complexity index is 733. The number of benzene rings is 1. The van der Waals surface area contributed by atoms with Gasteiger partial charge in [-0.05, 0) is 46.1 Å². The first-order valence-corrected chi connectivity index (χ1v) is 11.8. The summed E-state index contributed by atoms with van der Waals surface area (Å²) in [5.41, 5.74) is 1.35. The Hall–Kier alpha value is -1.60. The van der Waals surface area contributed by atoms with E-state index in [2.05, 4.69) is 57.8 Å². The predicted octanol–water partition coefficient (Wildman–Crippen LogP) is 2.59. The van der Waals surface area contributed by atoms with Crippen molar-refractivity contribution in [1.82, 2.24) is 15.5 Å². The van der Waals surface area contributed by atoms with Crippen LogP contribution in [0.4, 0.5) is 0 Å². The van der Waals surface area contributed by atoms with Gasteiger partial charge in [0, 0.05) is 38.8 Å². The van der Waals surface area contributed by atoms with E-state index in [1.807, 2.05) is 0 Å². The van der Waals surface area contributed by atoms with Crippen LogP contribution in [-0.2, 0) is 9.84 Å². The largest absolute Gasteiger partial charge is 0.355 e. The van der Waals surface area contributed by atoms with E-state index in [4.69, 9.17) is 0 Å². The van der Waals surface area contributed by atoms with E-state index in [1.54, 1.807) is 27.8 Å². The number of nitrogens with one attached hydrogen (secondary N) is 2. The Morgan fingerprint density at radius 1 is 1.21 bits per heavy atom. The summed E-state index contributed by atoms with van der Waals surface area (Å²) < 4.78 is 23.7. The number of rotatable bonds is 6. The molecule has 1 atom stereocenters. The summed E-state index contributed by atoms with van der Waals surface area (Å²) in [6.45, 7) is 9.90. The fraction of sp³-hybridized carbons (Fsp3) is 0.667. The van der Waals surface area contributed by atoms with Crippen LogP contribution in [0.3, 0.4) is 0 Å². The molecule has 1 aliphatic heterocycles. The van der Waals surface area contributed by atoms with Gasteiger partial charge in [-0.15, -0.1) is 0 Å². The van der Waals surface area contributed by atoms with Crippen LogP contribution in [0, 0.1) is 0 Å². The minimum Gasteiger partial charge on any atom is -0.355 e. The average Bonchev–Trinajstić information content (AvgIpc) is 2.67. The zero-order valence-corrected chi connectivity index (χ0v) is 18.7. The number of guanidine groups is 1. The minimum absolute atomic E-state index is 0.101. The van der Waals surface area contributed by atoms with Crippen LogP contribution < -0.4 is 10.6 Å². The average molecular weight is 409 g/mol. The normalized spacial score (nSPS) is 18.7. The lowest BCUT2D eigenvalue weighted by Gasteiger charge is -2.37. The molecule has 2 rings (SSSR count). The first-order valence-electron chi connectivity index (χ1n) is 10.1. The van der Waals surface area contributed by atoms with Gasteiger partial charge in [-0.1, -0.05) is 30.3 Å². The van der Waals surface area contributed by atoms with Crippen molar-refractivity contribution < 1.29 is 8.42 Å². The van der Waals surface area contributed by atoms with Crippen molar-refractivity contribution in [3.63, 3.8) is 0 Å². The summed E-state index contributed by atoms with van der Waals surface area (Å²) in [5.74, 6) is 0.781. The van der Waals surface area contributed by atoms with Gasteiger partial charge in [0.2, 0.25) is 0 Å². The molecule has 28 heavy (non-hydrogen) atoms. The number of hydrogen-bond acceptors (Lipinski definition) is 4. The summed E-state index contributed by atoms with van der Waals surface area (Å²) in [6, 6.07) is 11.4. The minimum atomic E-state index is -3.13. The zero-order chi connectivity index (χ0) is 20.8. The van der Waals surface area contributed by atoms with Gasteiger partial charge in [0.1, 0.15) is 0 Å². The number of piperidine rings is 1. The van der Waals surface area contributed by atoms with Crippen molar-refractivity contribution in [2.24, 2.45) is 4.99 Å². The molecular formula is C21H36N4O2S. The molecule has 0 aromatic heterocycles. The number of nitrogens with zero attached hydrogens (tertiary/aromatic N) is 2. The van der Waals surface area contributed by atoms with Crippen LogP contribution in [0.5, 0.6) is 0 Å². The maximum absolute atomic E-state index is 12.2. The Labute approximate surface area is 170 Å². The molecule has 1 fully saturated rings. The summed E-state index contributed by atoms with van der Waals surface area (Å²) in [7, 11) is -1.41. The monoisotopic (exact) mass is 408 g/mol. The molecule has 0 aliphatic carbocycles. The standard InChI is InChI=1S/C21H36N4O2S/c1-17(18-9-7-6-8-10-18)25-14-11-19(12-15-25)24-20(22-5)23-13-16-28(26,27)21(2,3)4/h6-10,17,19H,11-16H2,1-5H3,(H2,22,23,24). The first kappa shape index (κ1) is 22.7. The van der Waals surface area contributed by atoms with Gasteiger partial charge in [0.25, 0.3) is 0 Å². The molecule has 1 unspecified atom stereocenters. The maximum Gasteiger partial charge on any atom is 0.191 e. The summed E-state index contributed by atoms with van der Waals surface area (Å²) >= 11 is 0. The van der Waals surface area contributed by atoms with Gasteiger partial charge in [-0.2, -0.15) is 0 Å². The lowest BCUT2D eigenvalue weighted by atomic mass is 10.0. The molecule has 1 aromatic carbocycles. The smallest absolute Gasteiger partial charge is 0.191 e. The van der Waals surface area contributed by atoms with E-state index in [0.717, 1.165) is 25.9 Å². The van der Waals surface area contributed by atoms with Gasteiger partial charge in [0.05, 0.1) is 10.5 Å². The lowest BCUT2D eigenvalue weighted by Crippen LogP contribution is -2.50. The molecule has 1 saturated heterocycles. The second kappa shape index (κ2) is 9.74. The molecule has 0 spiro atoms. The molecule has 7 heteroatoms. The molecule has 1 aliphatic rings. The highest BCUT2D eigenvalue weighted by atomic mass is 32.2. The van der Waals surface area contributed by atoms with Gasteiger partial charge >= 0.3 is 0 Å². The van der Waals surface area contributed by atoms with Crippen molar-refractivity contribution in [3.05, 3.63) is 35.9 Å². The molecule has 1 heterocycles. The van der Waals surface area contributed by atoms with E-state index >= 15 is 0 Å². The van der Waals surface area contributed by atoms with Crippen molar-refractivity contribution in [1.29, 1.82) is 0 Å². The van der Waals surface area contributed by atoms with Crippen molar-refractivity contribution in [2.45, 2.75) is 57.4 Å². The molecule has 2 N–H and O–H groups in total. The highest BCUT2D eigenvalue weighted by Gasteiger charge is 2.28. The zero-order valence-electron chi connectivity index (χ0n) is 17.9. The van der Waals surface area contributed by atoms with Gasteiger partial charge in [-0.25, -0.2) is 8.42 Å². The van der Waals surface area contributed by atoms with Crippen LogP contribution in [0.2, 0.25) is 0 Å². The Balaban J connectivity index is 1.78. The number of hydrogen-bond donors (Lipinski definition) is 2. The fourth-order valence-electron chi connectivity index (χ4n) is 3.37.